The fourth-order valence-electron chi connectivity index (χ4n) is 6.89. The van der Waals surface area contributed by atoms with Gasteiger partial charge in [-0.25, -0.2) is 10.3 Å². The van der Waals surface area contributed by atoms with Gasteiger partial charge in [-0.3, -0.25) is 14.4 Å². The number of anilines is 2. The highest BCUT2D eigenvalue weighted by molar-refractivity contribution is 14.1. The van der Waals surface area contributed by atoms with Gasteiger partial charge in [0.15, 0.2) is 0 Å². The molecule has 0 spiro atoms. The summed E-state index contributed by atoms with van der Waals surface area (Å²) in [5.41, 5.74) is 6.87. The van der Waals surface area contributed by atoms with Gasteiger partial charge in [0.25, 0.3) is 5.91 Å². The van der Waals surface area contributed by atoms with Crippen molar-refractivity contribution >= 4 is 73.8 Å². The van der Waals surface area contributed by atoms with Crippen molar-refractivity contribution in [2.24, 2.45) is 16.9 Å². The first kappa shape index (κ1) is 27.0. The molecular formula is C33H24BrIN4O3. The van der Waals surface area contributed by atoms with Crippen LogP contribution in [0.3, 0.4) is 0 Å². The highest BCUT2D eigenvalue weighted by Gasteiger charge is 2.68. The Hall–Kier alpha value is -3.83. The van der Waals surface area contributed by atoms with E-state index in [4.69, 9.17) is 0 Å². The summed E-state index contributed by atoms with van der Waals surface area (Å²) in [6.07, 6.45) is 1.68. The van der Waals surface area contributed by atoms with Crippen molar-refractivity contribution in [3.63, 3.8) is 0 Å². The summed E-state index contributed by atoms with van der Waals surface area (Å²) in [7, 11) is 0. The third kappa shape index (κ3) is 4.12. The van der Waals surface area contributed by atoms with Crippen molar-refractivity contribution in [3.05, 3.63) is 127 Å². The molecule has 208 valence electrons. The van der Waals surface area contributed by atoms with Gasteiger partial charge in [-0.1, -0.05) is 64.5 Å². The number of nitrogens with one attached hydrogen (secondary N) is 2. The minimum Gasteiger partial charge on any atom is -0.376 e. The summed E-state index contributed by atoms with van der Waals surface area (Å²) in [5.74, 6) is -2.38. The van der Waals surface area contributed by atoms with E-state index in [2.05, 4.69) is 54.4 Å². The Morgan fingerprint density at radius 1 is 0.881 bits per heavy atom. The Bertz CT molecular complexity index is 1730. The van der Waals surface area contributed by atoms with Crippen molar-refractivity contribution < 1.29 is 14.4 Å². The molecule has 4 aromatic rings. The average molecular weight is 731 g/mol. The molecule has 2 bridgehead atoms. The predicted molar refractivity (Wildman–Crippen MR) is 173 cm³/mol. The maximum Gasteiger partial charge on any atom is 0.259 e. The number of rotatable bonds is 6. The molecule has 2 atom stereocenters. The number of hydrazone groups is 1. The summed E-state index contributed by atoms with van der Waals surface area (Å²) in [4.78, 5) is 42.7. The second-order valence-electron chi connectivity index (χ2n) is 10.7. The number of imide groups is 1. The molecule has 8 rings (SSSR count). The van der Waals surface area contributed by atoms with Gasteiger partial charge in [-0.2, -0.15) is 5.10 Å². The monoisotopic (exact) mass is 730 g/mol. The number of carbonyl (C=O) groups excluding carboxylic acids is 3. The van der Waals surface area contributed by atoms with Crippen LogP contribution < -0.4 is 15.6 Å². The zero-order valence-corrected chi connectivity index (χ0v) is 25.9. The van der Waals surface area contributed by atoms with Gasteiger partial charge in [-0.05, 0) is 93.4 Å². The van der Waals surface area contributed by atoms with Gasteiger partial charge < -0.3 is 5.32 Å². The van der Waals surface area contributed by atoms with Crippen molar-refractivity contribution in [1.82, 2.24) is 5.43 Å². The molecule has 4 aliphatic rings. The second kappa shape index (κ2) is 10.5. The molecule has 3 amide bonds. The first-order valence-corrected chi connectivity index (χ1v) is 15.4. The summed E-state index contributed by atoms with van der Waals surface area (Å²) < 4.78 is 1.96. The standard InChI is InChI=1S/C33H24BrIN4O3/c34-19-9-15-22(16-10-19)39-31(41)29-28-23-5-1-3-7-25(23)33(30(29)32(39)42,26-8-4-2-6-24(26)28)18-37-38-27(40)17-36-21-13-11-20(35)12-14-21/h1-16,18,28-30,36H,17H2,(H,38,40)/b37-18-/t28?,29-,30-,33?/m1/s1. The Kier molecular flexibility index (Phi) is 6.73. The van der Waals surface area contributed by atoms with Crippen LogP contribution in [0.1, 0.15) is 28.2 Å². The van der Waals surface area contributed by atoms with Crippen LogP contribution in [0.25, 0.3) is 0 Å². The molecule has 9 heteroatoms. The highest BCUT2D eigenvalue weighted by atomic mass is 127. The molecule has 7 nitrogen and oxygen atoms in total. The molecule has 3 aliphatic carbocycles. The van der Waals surface area contributed by atoms with Crippen molar-refractivity contribution in [3.8, 4) is 0 Å². The van der Waals surface area contributed by atoms with Gasteiger partial charge in [0.05, 0.1) is 29.5 Å². The molecule has 0 unspecified atom stereocenters. The Labute approximate surface area is 264 Å². The number of hydrogen-bond acceptors (Lipinski definition) is 5. The Morgan fingerprint density at radius 2 is 1.50 bits per heavy atom. The normalized spacial score (nSPS) is 23.5. The van der Waals surface area contributed by atoms with E-state index in [0.717, 1.165) is 36.0 Å². The summed E-state index contributed by atoms with van der Waals surface area (Å²) in [6.45, 7) is 0.0288. The topological polar surface area (TPSA) is 90.9 Å². The van der Waals surface area contributed by atoms with E-state index in [1.54, 1.807) is 18.3 Å². The molecule has 1 heterocycles. The molecule has 2 N–H and O–H groups in total. The van der Waals surface area contributed by atoms with Crippen molar-refractivity contribution in [2.75, 3.05) is 16.8 Å². The Balaban J connectivity index is 1.29. The third-order valence-corrected chi connectivity index (χ3v) is 9.77. The van der Waals surface area contributed by atoms with E-state index in [-0.39, 0.29) is 30.2 Å². The quantitative estimate of drug-likeness (QED) is 0.113. The van der Waals surface area contributed by atoms with E-state index < -0.39 is 17.3 Å². The molecular weight excluding hydrogens is 707 g/mol. The van der Waals surface area contributed by atoms with Crippen LogP contribution in [0.2, 0.25) is 0 Å². The first-order valence-electron chi connectivity index (χ1n) is 13.5. The van der Waals surface area contributed by atoms with Crippen LogP contribution >= 0.6 is 38.5 Å². The lowest BCUT2D eigenvalue weighted by molar-refractivity contribution is -0.122. The van der Waals surface area contributed by atoms with E-state index in [1.165, 1.54) is 4.90 Å². The van der Waals surface area contributed by atoms with Gasteiger partial charge in [0, 0.05) is 25.9 Å². The third-order valence-electron chi connectivity index (χ3n) is 8.52. The SMILES string of the molecule is O=C(CNc1ccc(I)cc1)N/N=C\C12c3ccccc3C(c3ccccc31)[C@H]1C(=O)N(c3ccc(Br)cc3)C(=O)[C@@H]12. The van der Waals surface area contributed by atoms with E-state index >= 15 is 0 Å². The van der Waals surface area contributed by atoms with Crippen molar-refractivity contribution in [2.45, 2.75) is 11.3 Å². The van der Waals surface area contributed by atoms with Crippen LogP contribution in [0.5, 0.6) is 0 Å². The van der Waals surface area contributed by atoms with E-state index in [1.807, 2.05) is 84.9 Å². The Morgan fingerprint density at radius 3 is 2.14 bits per heavy atom. The van der Waals surface area contributed by atoms with Crippen LogP contribution in [-0.4, -0.2) is 30.5 Å². The maximum atomic E-state index is 14.4. The van der Waals surface area contributed by atoms with Gasteiger partial charge in [-0.15, -0.1) is 0 Å². The predicted octanol–water partition coefficient (Wildman–Crippen LogP) is 5.82. The number of amides is 3. The minimum absolute atomic E-state index is 0.0288. The molecule has 1 fully saturated rings. The van der Waals surface area contributed by atoms with Gasteiger partial charge in [0.2, 0.25) is 11.8 Å². The number of halogens is 2. The van der Waals surface area contributed by atoms with Gasteiger partial charge >= 0.3 is 0 Å². The minimum atomic E-state index is -1.04. The molecule has 0 radical (unpaired) electrons. The summed E-state index contributed by atoms with van der Waals surface area (Å²) >= 11 is 5.67. The fraction of sp³-hybridized carbons (Fsp3) is 0.152. The van der Waals surface area contributed by atoms with Crippen LogP contribution in [-0.2, 0) is 19.8 Å². The molecule has 4 aromatic carbocycles. The molecule has 1 saturated heterocycles. The molecule has 42 heavy (non-hydrogen) atoms. The number of benzene rings is 4. The molecule has 1 aliphatic heterocycles. The molecule has 0 aromatic heterocycles. The zero-order chi connectivity index (χ0) is 29.0. The van der Waals surface area contributed by atoms with Crippen molar-refractivity contribution in [1.29, 1.82) is 0 Å². The fourth-order valence-corrected chi connectivity index (χ4v) is 7.51. The lowest BCUT2D eigenvalue weighted by atomic mass is 9.47. The van der Waals surface area contributed by atoms with E-state index in [9.17, 15) is 14.4 Å². The summed E-state index contributed by atoms with van der Waals surface area (Å²) in [6, 6.07) is 30.9. The first-order chi connectivity index (χ1) is 20.4. The zero-order valence-electron chi connectivity index (χ0n) is 22.1. The number of carbonyl (C=O) groups is 3. The van der Waals surface area contributed by atoms with Gasteiger partial charge in [0.1, 0.15) is 0 Å². The smallest absolute Gasteiger partial charge is 0.259 e. The van der Waals surface area contributed by atoms with Crippen LogP contribution in [0.4, 0.5) is 11.4 Å². The number of hydrogen-bond donors (Lipinski definition) is 2. The highest BCUT2D eigenvalue weighted by Crippen LogP contribution is 2.63. The van der Waals surface area contributed by atoms with Crippen LogP contribution in [0.15, 0.2) is 107 Å². The average Bonchev–Trinajstić information content (AvgIpc) is 3.28. The van der Waals surface area contributed by atoms with Crippen LogP contribution in [0, 0.1) is 15.4 Å². The lowest BCUT2D eigenvalue weighted by Crippen LogP contribution is -2.54. The number of nitrogens with zero attached hydrogens (tertiary/aromatic N) is 2. The largest absolute Gasteiger partial charge is 0.376 e. The maximum absolute atomic E-state index is 14.4. The van der Waals surface area contributed by atoms with E-state index in [0.29, 0.717) is 5.69 Å². The second-order valence-corrected chi connectivity index (χ2v) is 12.8. The lowest BCUT2D eigenvalue weighted by Gasteiger charge is -2.52. The summed E-state index contributed by atoms with van der Waals surface area (Å²) in [5, 5.41) is 7.56. The molecule has 0 saturated carbocycles.